The number of carbonyl (C=O) groups is 1. The van der Waals surface area contributed by atoms with E-state index in [1.54, 1.807) is 12.4 Å². The van der Waals surface area contributed by atoms with Crippen molar-refractivity contribution < 1.29 is 4.79 Å². The SMILES string of the molecule is C\C=N/C=C\C=C/CC(=O)N1CCNCC1. The van der Waals surface area contributed by atoms with Crippen LogP contribution in [0.1, 0.15) is 13.3 Å². The van der Waals surface area contributed by atoms with Crippen molar-refractivity contribution in [1.82, 2.24) is 10.2 Å². The van der Waals surface area contributed by atoms with Crippen molar-refractivity contribution in [1.29, 1.82) is 0 Å². The van der Waals surface area contributed by atoms with Gasteiger partial charge in [0.05, 0.1) is 0 Å². The highest BCUT2D eigenvalue weighted by Gasteiger charge is 2.13. The Morgan fingerprint density at radius 2 is 2.12 bits per heavy atom. The largest absolute Gasteiger partial charge is 0.340 e. The molecule has 0 spiro atoms. The van der Waals surface area contributed by atoms with Gasteiger partial charge >= 0.3 is 0 Å². The van der Waals surface area contributed by atoms with E-state index < -0.39 is 0 Å². The van der Waals surface area contributed by atoms with Crippen LogP contribution in [0.25, 0.3) is 0 Å². The molecule has 0 aromatic carbocycles. The van der Waals surface area contributed by atoms with Crippen molar-refractivity contribution in [2.45, 2.75) is 13.3 Å². The van der Waals surface area contributed by atoms with Gasteiger partial charge < -0.3 is 10.2 Å². The molecule has 4 nitrogen and oxygen atoms in total. The fraction of sp³-hybridized carbons (Fsp3) is 0.500. The van der Waals surface area contributed by atoms with Crippen LogP contribution in [-0.2, 0) is 4.79 Å². The maximum atomic E-state index is 11.7. The predicted octanol–water partition coefficient (Wildman–Crippen LogP) is 0.969. The molecule has 0 saturated carbocycles. The van der Waals surface area contributed by atoms with Gasteiger partial charge in [-0.3, -0.25) is 9.79 Å². The van der Waals surface area contributed by atoms with E-state index in [0.717, 1.165) is 26.2 Å². The number of piperazine rings is 1. The van der Waals surface area contributed by atoms with E-state index in [4.69, 9.17) is 0 Å². The number of allylic oxidation sites excluding steroid dienone is 2. The number of nitrogens with one attached hydrogen (secondary N) is 1. The van der Waals surface area contributed by atoms with E-state index in [0.29, 0.717) is 6.42 Å². The van der Waals surface area contributed by atoms with Crippen molar-refractivity contribution >= 4 is 12.1 Å². The van der Waals surface area contributed by atoms with Crippen LogP contribution in [0.4, 0.5) is 0 Å². The second-order valence-corrected chi connectivity index (χ2v) is 3.51. The van der Waals surface area contributed by atoms with Crippen LogP contribution in [0.2, 0.25) is 0 Å². The summed E-state index contributed by atoms with van der Waals surface area (Å²) in [7, 11) is 0. The smallest absolute Gasteiger partial charge is 0.226 e. The number of aliphatic imine (C=N–C) groups is 1. The molecule has 0 aromatic heterocycles. The van der Waals surface area contributed by atoms with Crippen molar-refractivity contribution in [3.63, 3.8) is 0 Å². The number of nitrogens with zero attached hydrogens (tertiary/aromatic N) is 2. The molecule has 1 N–H and O–H groups in total. The predicted molar refractivity (Wildman–Crippen MR) is 66.5 cm³/mol. The second kappa shape index (κ2) is 7.82. The Labute approximate surface area is 96.7 Å². The van der Waals surface area contributed by atoms with Crippen LogP contribution in [0, 0.1) is 0 Å². The minimum atomic E-state index is 0.199. The van der Waals surface area contributed by atoms with Crippen LogP contribution in [0.15, 0.2) is 29.4 Å². The third-order valence-electron chi connectivity index (χ3n) is 2.33. The number of hydrogen-bond donors (Lipinski definition) is 1. The number of amides is 1. The molecule has 1 heterocycles. The summed E-state index contributed by atoms with van der Waals surface area (Å²) in [5, 5.41) is 3.22. The van der Waals surface area contributed by atoms with Gasteiger partial charge in [0, 0.05) is 45.0 Å². The average Bonchev–Trinajstić information content (AvgIpc) is 2.34. The van der Waals surface area contributed by atoms with Gasteiger partial charge in [0.25, 0.3) is 0 Å². The Morgan fingerprint density at radius 3 is 2.81 bits per heavy atom. The fourth-order valence-corrected chi connectivity index (χ4v) is 1.48. The number of carbonyl (C=O) groups excluding carboxylic acids is 1. The standard InChI is InChI=1S/C12H19N3O/c1-2-13-7-5-3-4-6-12(16)15-10-8-14-9-11-15/h2-5,7,14H,6,8-11H2,1H3/b4-3-,7-5-,13-2-. The molecule has 0 radical (unpaired) electrons. The highest BCUT2D eigenvalue weighted by Crippen LogP contribution is 1.97. The summed E-state index contributed by atoms with van der Waals surface area (Å²) in [4.78, 5) is 17.5. The first-order valence-electron chi connectivity index (χ1n) is 5.62. The summed E-state index contributed by atoms with van der Waals surface area (Å²) < 4.78 is 0. The maximum Gasteiger partial charge on any atom is 0.226 e. The Morgan fingerprint density at radius 1 is 1.38 bits per heavy atom. The molecule has 0 atom stereocenters. The third-order valence-corrected chi connectivity index (χ3v) is 2.33. The summed E-state index contributed by atoms with van der Waals surface area (Å²) >= 11 is 0. The molecule has 1 rings (SSSR count). The van der Waals surface area contributed by atoms with Gasteiger partial charge in [-0.2, -0.15) is 0 Å². The molecule has 16 heavy (non-hydrogen) atoms. The normalized spacial score (nSPS) is 17.9. The molecule has 0 bridgehead atoms. The summed E-state index contributed by atoms with van der Waals surface area (Å²) in [5.41, 5.74) is 0. The lowest BCUT2D eigenvalue weighted by Gasteiger charge is -2.26. The van der Waals surface area contributed by atoms with Crippen LogP contribution >= 0.6 is 0 Å². The molecule has 0 aromatic rings. The zero-order valence-corrected chi connectivity index (χ0v) is 9.72. The summed E-state index contributed by atoms with van der Waals surface area (Å²) in [6.07, 6.45) is 9.44. The van der Waals surface area contributed by atoms with Crippen molar-refractivity contribution in [2.75, 3.05) is 26.2 Å². The lowest BCUT2D eigenvalue weighted by Crippen LogP contribution is -2.46. The summed E-state index contributed by atoms with van der Waals surface area (Å²) in [5.74, 6) is 0.199. The van der Waals surface area contributed by atoms with Gasteiger partial charge in [0.2, 0.25) is 5.91 Å². The Bertz CT molecular complexity index is 289. The van der Waals surface area contributed by atoms with E-state index in [-0.39, 0.29) is 5.91 Å². The molecule has 1 saturated heterocycles. The monoisotopic (exact) mass is 221 g/mol. The van der Waals surface area contributed by atoms with Crippen molar-refractivity contribution in [3.05, 3.63) is 24.4 Å². The maximum absolute atomic E-state index is 11.7. The molecule has 1 aliphatic rings. The first kappa shape index (κ1) is 12.6. The molecule has 1 fully saturated rings. The minimum absolute atomic E-state index is 0.199. The average molecular weight is 221 g/mol. The van der Waals surface area contributed by atoms with Gasteiger partial charge in [-0.1, -0.05) is 12.2 Å². The lowest BCUT2D eigenvalue weighted by molar-refractivity contribution is -0.130. The first-order valence-corrected chi connectivity index (χ1v) is 5.62. The number of hydrogen-bond acceptors (Lipinski definition) is 3. The molecule has 1 aliphatic heterocycles. The minimum Gasteiger partial charge on any atom is -0.340 e. The van der Waals surface area contributed by atoms with E-state index in [2.05, 4.69) is 10.3 Å². The van der Waals surface area contributed by atoms with Gasteiger partial charge in [-0.05, 0) is 13.0 Å². The number of rotatable bonds is 4. The van der Waals surface area contributed by atoms with E-state index in [1.807, 2.05) is 30.1 Å². The molecular formula is C12H19N3O. The van der Waals surface area contributed by atoms with Crippen LogP contribution in [0.5, 0.6) is 0 Å². The summed E-state index contributed by atoms with van der Waals surface area (Å²) in [6.45, 7) is 5.31. The van der Waals surface area contributed by atoms with Crippen LogP contribution in [0.3, 0.4) is 0 Å². The lowest BCUT2D eigenvalue weighted by atomic mass is 10.3. The van der Waals surface area contributed by atoms with Gasteiger partial charge in [-0.25, -0.2) is 0 Å². The topological polar surface area (TPSA) is 44.7 Å². The van der Waals surface area contributed by atoms with E-state index in [9.17, 15) is 4.79 Å². The molecule has 0 aliphatic carbocycles. The van der Waals surface area contributed by atoms with Crippen molar-refractivity contribution in [2.24, 2.45) is 4.99 Å². The molecule has 1 amide bonds. The molecule has 0 unspecified atom stereocenters. The summed E-state index contributed by atoms with van der Waals surface area (Å²) in [6, 6.07) is 0. The van der Waals surface area contributed by atoms with Gasteiger partial charge in [0.1, 0.15) is 0 Å². The molecule has 88 valence electrons. The zero-order valence-electron chi connectivity index (χ0n) is 9.72. The van der Waals surface area contributed by atoms with Gasteiger partial charge in [-0.15, -0.1) is 0 Å². The molecule has 4 heteroatoms. The fourth-order valence-electron chi connectivity index (χ4n) is 1.48. The van der Waals surface area contributed by atoms with E-state index in [1.165, 1.54) is 0 Å². The Hall–Kier alpha value is -1.42. The van der Waals surface area contributed by atoms with Crippen LogP contribution < -0.4 is 5.32 Å². The second-order valence-electron chi connectivity index (χ2n) is 3.51. The third kappa shape index (κ3) is 4.89. The Kier molecular flexibility index (Phi) is 6.18. The molecular weight excluding hydrogens is 202 g/mol. The zero-order chi connectivity index (χ0) is 11.6. The van der Waals surface area contributed by atoms with Gasteiger partial charge in [0.15, 0.2) is 0 Å². The first-order chi connectivity index (χ1) is 7.84. The van der Waals surface area contributed by atoms with Crippen molar-refractivity contribution in [3.8, 4) is 0 Å². The van der Waals surface area contributed by atoms with E-state index >= 15 is 0 Å². The highest BCUT2D eigenvalue weighted by molar-refractivity contribution is 5.77. The van der Waals surface area contributed by atoms with Crippen LogP contribution in [-0.4, -0.2) is 43.2 Å². The Balaban J connectivity index is 2.23. The highest BCUT2D eigenvalue weighted by atomic mass is 16.2. The quantitative estimate of drug-likeness (QED) is 0.568.